The number of carbonyl (C=O) groups is 1. The quantitative estimate of drug-likeness (QED) is 0.438. The Bertz CT molecular complexity index is 1230. The highest BCUT2D eigenvalue weighted by Gasteiger charge is 2.10. The van der Waals surface area contributed by atoms with Crippen molar-refractivity contribution in [1.29, 1.82) is 0 Å². The van der Waals surface area contributed by atoms with E-state index in [0.717, 1.165) is 33.5 Å². The molecule has 0 fully saturated rings. The van der Waals surface area contributed by atoms with E-state index in [9.17, 15) is 4.79 Å². The van der Waals surface area contributed by atoms with Gasteiger partial charge in [-0.3, -0.25) is 9.78 Å². The minimum absolute atomic E-state index is 0.0537. The molecule has 0 bridgehead atoms. The highest BCUT2D eigenvalue weighted by molar-refractivity contribution is 5.80. The Morgan fingerprint density at radius 1 is 0.935 bits per heavy atom. The number of ether oxygens (including phenoxy) is 2. The van der Waals surface area contributed by atoms with Crippen LogP contribution in [0.3, 0.4) is 0 Å². The molecule has 6 nitrogen and oxygen atoms in total. The number of aromatic nitrogens is 2. The highest BCUT2D eigenvalue weighted by Crippen LogP contribution is 2.30. The van der Waals surface area contributed by atoms with E-state index in [2.05, 4.69) is 15.3 Å². The lowest BCUT2D eigenvalue weighted by Gasteiger charge is -2.14. The summed E-state index contributed by atoms with van der Waals surface area (Å²) in [7, 11) is 0. The van der Waals surface area contributed by atoms with Crippen molar-refractivity contribution in [2.75, 3.05) is 0 Å². The number of pyridine rings is 2. The van der Waals surface area contributed by atoms with E-state index in [1.54, 1.807) is 24.5 Å². The molecule has 0 saturated carbocycles. The van der Waals surface area contributed by atoms with Gasteiger partial charge in [-0.1, -0.05) is 6.07 Å². The van der Waals surface area contributed by atoms with Crippen LogP contribution in [-0.4, -0.2) is 15.9 Å². The van der Waals surface area contributed by atoms with E-state index in [-0.39, 0.29) is 11.9 Å². The van der Waals surface area contributed by atoms with Crippen molar-refractivity contribution in [2.24, 2.45) is 0 Å². The standard InChI is InChI=1S/C25H23N3O3/c1-16-14-22(30-21-10-12-26-13-11-21)6-8-24(16)31-25-9-5-20-15-19(4-7-23(20)28-25)17(2)27-18(3)29/h4-15,17H,1-3H3,(H,27,29). The maximum atomic E-state index is 11.3. The Balaban J connectivity index is 1.51. The molecule has 1 N–H and O–H groups in total. The average Bonchev–Trinajstić information content (AvgIpc) is 2.75. The van der Waals surface area contributed by atoms with Gasteiger partial charge >= 0.3 is 0 Å². The van der Waals surface area contributed by atoms with E-state index >= 15 is 0 Å². The monoisotopic (exact) mass is 413 g/mol. The second-order valence-corrected chi connectivity index (χ2v) is 7.34. The molecule has 1 atom stereocenters. The van der Waals surface area contributed by atoms with Crippen molar-refractivity contribution in [1.82, 2.24) is 15.3 Å². The molecule has 4 rings (SSSR count). The Labute approximate surface area is 180 Å². The molecule has 4 aromatic rings. The van der Waals surface area contributed by atoms with Crippen LogP contribution in [0, 0.1) is 6.92 Å². The number of nitrogens with zero attached hydrogens (tertiary/aromatic N) is 2. The largest absolute Gasteiger partial charge is 0.457 e. The molecule has 0 aliphatic rings. The van der Waals surface area contributed by atoms with Crippen molar-refractivity contribution in [2.45, 2.75) is 26.8 Å². The van der Waals surface area contributed by atoms with Gasteiger partial charge in [0.15, 0.2) is 0 Å². The molecule has 156 valence electrons. The van der Waals surface area contributed by atoms with Crippen LogP contribution < -0.4 is 14.8 Å². The molecule has 0 aliphatic carbocycles. The molecule has 0 radical (unpaired) electrons. The number of aryl methyl sites for hydroxylation is 1. The summed E-state index contributed by atoms with van der Waals surface area (Å²) in [4.78, 5) is 19.9. The van der Waals surface area contributed by atoms with E-state index in [1.165, 1.54) is 6.92 Å². The van der Waals surface area contributed by atoms with Crippen molar-refractivity contribution in [3.63, 3.8) is 0 Å². The molecule has 0 spiro atoms. The van der Waals surface area contributed by atoms with Crippen molar-refractivity contribution in [3.05, 3.63) is 84.2 Å². The van der Waals surface area contributed by atoms with Gasteiger partial charge in [0, 0.05) is 30.8 Å². The summed E-state index contributed by atoms with van der Waals surface area (Å²) in [5.74, 6) is 2.63. The first kappa shape index (κ1) is 20.3. The van der Waals surface area contributed by atoms with Gasteiger partial charge in [0.25, 0.3) is 0 Å². The molecule has 2 heterocycles. The van der Waals surface area contributed by atoms with E-state index < -0.39 is 0 Å². The lowest BCUT2D eigenvalue weighted by Crippen LogP contribution is -2.23. The predicted molar refractivity (Wildman–Crippen MR) is 120 cm³/mol. The Morgan fingerprint density at radius 2 is 1.74 bits per heavy atom. The maximum absolute atomic E-state index is 11.3. The van der Waals surface area contributed by atoms with Crippen molar-refractivity contribution < 1.29 is 14.3 Å². The second kappa shape index (κ2) is 8.83. The van der Waals surface area contributed by atoms with Gasteiger partial charge in [0.05, 0.1) is 11.6 Å². The summed E-state index contributed by atoms with van der Waals surface area (Å²) >= 11 is 0. The summed E-state index contributed by atoms with van der Waals surface area (Å²) < 4.78 is 11.9. The van der Waals surface area contributed by atoms with E-state index in [0.29, 0.717) is 11.6 Å². The van der Waals surface area contributed by atoms with Gasteiger partial charge in [-0.15, -0.1) is 0 Å². The number of rotatable bonds is 6. The fourth-order valence-corrected chi connectivity index (χ4v) is 3.29. The summed E-state index contributed by atoms with van der Waals surface area (Å²) in [6.45, 7) is 5.44. The third-order valence-electron chi connectivity index (χ3n) is 4.85. The number of amides is 1. The summed E-state index contributed by atoms with van der Waals surface area (Å²) in [6, 6.07) is 19.0. The average molecular weight is 413 g/mol. The van der Waals surface area contributed by atoms with Crippen LogP contribution in [0.15, 0.2) is 73.1 Å². The zero-order valence-electron chi connectivity index (χ0n) is 17.6. The predicted octanol–water partition coefficient (Wildman–Crippen LogP) is 5.72. The third-order valence-corrected chi connectivity index (χ3v) is 4.85. The fourth-order valence-electron chi connectivity index (χ4n) is 3.29. The molecule has 0 aliphatic heterocycles. The molecule has 2 aromatic carbocycles. The third kappa shape index (κ3) is 4.98. The van der Waals surface area contributed by atoms with Gasteiger partial charge in [-0.2, -0.15) is 0 Å². The summed E-state index contributed by atoms with van der Waals surface area (Å²) in [5.41, 5.74) is 2.79. The second-order valence-electron chi connectivity index (χ2n) is 7.34. The van der Waals surface area contributed by atoms with Crippen molar-refractivity contribution in [3.8, 4) is 23.1 Å². The number of hydrogen-bond donors (Lipinski definition) is 1. The van der Waals surface area contributed by atoms with E-state index in [1.807, 2.05) is 62.4 Å². The van der Waals surface area contributed by atoms with Gasteiger partial charge in [0.1, 0.15) is 17.2 Å². The minimum Gasteiger partial charge on any atom is -0.457 e. The summed E-state index contributed by atoms with van der Waals surface area (Å²) in [6.07, 6.45) is 3.38. The van der Waals surface area contributed by atoms with Crippen LogP contribution in [0.2, 0.25) is 0 Å². The van der Waals surface area contributed by atoms with Crippen LogP contribution >= 0.6 is 0 Å². The summed E-state index contributed by atoms with van der Waals surface area (Å²) in [5, 5.41) is 3.88. The highest BCUT2D eigenvalue weighted by atomic mass is 16.5. The normalized spacial score (nSPS) is 11.7. The van der Waals surface area contributed by atoms with Crippen molar-refractivity contribution >= 4 is 16.8 Å². The smallest absolute Gasteiger partial charge is 0.219 e. The first-order chi connectivity index (χ1) is 15.0. The number of benzene rings is 2. The first-order valence-electron chi connectivity index (χ1n) is 10.0. The van der Waals surface area contributed by atoms with E-state index in [4.69, 9.17) is 9.47 Å². The van der Waals surface area contributed by atoms with Crippen LogP contribution in [-0.2, 0) is 4.79 Å². The van der Waals surface area contributed by atoms with Crippen LogP contribution in [0.4, 0.5) is 0 Å². The molecule has 31 heavy (non-hydrogen) atoms. The number of fused-ring (bicyclic) bond motifs is 1. The molecule has 1 amide bonds. The molecular weight excluding hydrogens is 390 g/mol. The minimum atomic E-state index is -0.0617. The molecular formula is C25H23N3O3. The fraction of sp³-hybridized carbons (Fsp3) is 0.160. The number of carbonyl (C=O) groups excluding carboxylic acids is 1. The van der Waals surface area contributed by atoms with Crippen LogP contribution in [0.5, 0.6) is 23.1 Å². The Morgan fingerprint density at radius 3 is 2.48 bits per heavy atom. The van der Waals surface area contributed by atoms with Gasteiger partial charge < -0.3 is 14.8 Å². The first-order valence-corrected chi connectivity index (χ1v) is 10.0. The zero-order chi connectivity index (χ0) is 21.8. The lowest BCUT2D eigenvalue weighted by molar-refractivity contribution is -0.119. The SMILES string of the molecule is CC(=O)NC(C)c1ccc2nc(Oc3ccc(Oc4ccncc4)cc3C)ccc2c1. The molecule has 0 saturated heterocycles. The molecule has 2 aromatic heterocycles. The Kier molecular flexibility index (Phi) is 5.80. The Hall–Kier alpha value is -3.93. The van der Waals surface area contributed by atoms with Gasteiger partial charge in [-0.05, 0) is 73.5 Å². The topological polar surface area (TPSA) is 73.3 Å². The number of nitrogens with one attached hydrogen (secondary N) is 1. The molecule has 1 unspecified atom stereocenters. The van der Waals surface area contributed by atoms with Crippen LogP contribution in [0.1, 0.15) is 31.0 Å². The molecule has 6 heteroatoms. The lowest BCUT2D eigenvalue weighted by atomic mass is 10.1. The maximum Gasteiger partial charge on any atom is 0.219 e. The van der Waals surface area contributed by atoms with Crippen LogP contribution in [0.25, 0.3) is 10.9 Å². The van der Waals surface area contributed by atoms with Gasteiger partial charge in [0.2, 0.25) is 11.8 Å². The zero-order valence-corrected chi connectivity index (χ0v) is 17.6. The number of hydrogen-bond acceptors (Lipinski definition) is 5. The van der Waals surface area contributed by atoms with Gasteiger partial charge in [-0.25, -0.2) is 4.98 Å².